The maximum Gasteiger partial charge on any atom is 0.410 e. The van der Waals surface area contributed by atoms with Crippen molar-refractivity contribution < 1.29 is 45.0 Å². The van der Waals surface area contributed by atoms with Crippen molar-refractivity contribution in [3.05, 3.63) is 11.8 Å². The largest absolute Gasteiger partial charge is 0.511 e. The second-order valence-electron chi connectivity index (χ2n) is 5.66. The van der Waals surface area contributed by atoms with Gasteiger partial charge in [-0.15, -0.1) is 0 Å². The molecule has 0 heterocycles. The van der Waals surface area contributed by atoms with Crippen molar-refractivity contribution >= 4 is 5.78 Å². The molecule has 0 amide bonds. The number of hydrogen-bond acceptors (Lipinski definition) is 2. The van der Waals surface area contributed by atoms with Crippen molar-refractivity contribution in [1.29, 1.82) is 0 Å². The molecule has 0 aromatic heterocycles. The zero-order valence-corrected chi connectivity index (χ0v) is 13.2. The smallest absolute Gasteiger partial charge is 0.410 e. The summed E-state index contributed by atoms with van der Waals surface area (Å²) in [5, 5.41) is 9.51. The summed E-state index contributed by atoms with van der Waals surface area (Å²) in [4.78, 5) is 12.0. The lowest BCUT2D eigenvalue weighted by Gasteiger charge is -2.36. The van der Waals surface area contributed by atoms with Gasteiger partial charge in [0.25, 0.3) is 0 Å². The summed E-state index contributed by atoms with van der Waals surface area (Å²) < 4.78 is 103. The van der Waals surface area contributed by atoms with Crippen LogP contribution in [0, 0.1) is 10.8 Å². The first-order valence-corrected chi connectivity index (χ1v) is 6.96. The SMILES string of the molecule is CCC(C)(CC(F)F)C(=O)/C=C(\O)C(CC)(C(F)(F)F)C(F)(F)F. The maximum atomic E-state index is 13.0. The van der Waals surface area contributed by atoms with Gasteiger partial charge in [0.1, 0.15) is 5.76 Å². The third kappa shape index (κ3) is 4.18. The molecule has 2 nitrogen and oxygen atoms in total. The standard InChI is InChI=1S/C14H18F8O2/c1-4-11(3,7-10(15)16)8(23)6-9(24)12(5-2,13(17,18)19)14(20,21)22/h6,10,24H,4-5,7H2,1-3H3/b9-6-. The highest BCUT2D eigenvalue weighted by molar-refractivity contribution is 5.95. The first-order chi connectivity index (χ1) is 10.6. The number of hydrogen-bond donors (Lipinski definition) is 1. The molecule has 1 N–H and O–H groups in total. The molecule has 0 spiro atoms. The van der Waals surface area contributed by atoms with Crippen molar-refractivity contribution in [2.75, 3.05) is 0 Å². The molecule has 0 radical (unpaired) electrons. The number of alkyl halides is 8. The Labute approximate surface area is 133 Å². The number of halogens is 8. The maximum absolute atomic E-state index is 13.0. The number of carbonyl (C=O) groups excluding carboxylic acids is 1. The summed E-state index contributed by atoms with van der Waals surface area (Å²) in [6.45, 7) is 2.82. The van der Waals surface area contributed by atoms with Gasteiger partial charge in [-0.25, -0.2) is 8.78 Å². The molecule has 10 heteroatoms. The molecule has 0 bridgehead atoms. The number of carbonyl (C=O) groups is 1. The molecule has 0 saturated heterocycles. The Hall–Kier alpha value is -1.35. The highest BCUT2D eigenvalue weighted by Gasteiger charge is 2.72. The average Bonchev–Trinajstić information content (AvgIpc) is 2.35. The predicted octanol–water partition coefficient (Wildman–Crippen LogP) is 5.59. The molecule has 0 aliphatic carbocycles. The van der Waals surface area contributed by atoms with E-state index in [1.54, 1.807) is 0 Å². The number of allylic oxidation sites excluding steroid dienone is 2. The minimum atomic E-state index is -5.92. The fourth-order valence-corrected chi connectivity index (χ4v) is 2.21. The van der Waals surface area contributed by atoms with E-state index in [0.717, 1.165) is 6.92 Å². The minimum Gasteiger partial charge on any atom is -0.511 e. The van der Waals surface area contributed by atoms with Gasteiger partial charge in [-0.05, 0) is 12.8 Å². The molecular weight excluding hydrogens is 352 g/mol. The van der Waals surface area contributed by atoms with E-state index >= 15 is 0 Å². The van der Waals surface area contributed by atoms with E-state index in [1.165, 1.54) is 6.92 Å². The van der Waals surface area contributed by atoms with Gasteiger partial charge in [0.15, 0.2) is 5.78 Å². The Bertz CT molecular complexity index is 464. The van der Waals surface area contributed by atoms with Crippen molar-refractivity contribution in [3.8, 4) is 0 Å². The molecule has 0 aromatic carbocycles. The van der Waals surface area contributed by atoms with Crippen LogP contribution in [0.15, 0.2) is 11.8 Å². The predicted molar refractivity (Wildman–Crippen MR) is 69.6 cm³/mol. The van der Waals surface area contributed by atoms with Crippen LogP contribution in [-0.2, 0) is 4.79 Å². The fourth-order valence-electron chi connectivity index (χ4n) is 2.21. The van der Waals surface area contributed by atoms with Crippen molar-refractivity contribution in [1.82, 2.24) is 0 Å². The van der Waals surface area contributed by atoms with Crippen molar-refractivity contribution in [3.63, 3.8) is 0 Å². The van der Waals surface area contributed by atoms with Crippen LogP contribution in [0.4, 0.5) is 35.1 Å². The normalized spacial score (nSPS) is 17.1. The van der Waals surface area contributed by atoms with Crippen LogP contribution in [0.3, 0.4) is 0 Å². The van der Waals surface area contributed by atoms with Gasteiger partial charge in [-0.1, -0.05) is 20.8 Å². The van der Waals surface area contributed by atoms with Gasteiger partial charge < -0.3 is 5.11 Å². The summed E-state index contributed by atoms with van der Waals surface area (Å²) in [5.74, 6) is -3.67. The molecule has 0 fully saturated rings. The second kappa shape index (κ2) is 7.26. The lowest BCUT2D eigenvalue weighted by molar-refractivity contribution is -0.334. The molecule has 1 atom stereocenters. The van der Waals surface area contributed by atoms with Gasteiger partial charge in [0, 0.05) is 17.9 Å². The summed E-state index contributed by atoms with van der Waals surface area (Å²) in [6, 6.07) is 0. The highest BCUT2D eigenvalue weighted by atomic mass is 19.4. The fraction of sp³-hybridized carbons (Fsp3) is 0.786. The second-order valence-corrected chi connectivity index (χ2v) is 5.66. The molecular formula is C14H18F8O2. The lowest BCUT2D eigenvalue weighted by atomic mass is 9.76. The van der Waals surface area contributed by atoms with Crippen molar-refractivity contribution in [2.45, 2.75) is 58.8 Å². The van der Waals surface area contributed by atoms with Gasteiger partial charge in [0.2, 0.25) is 11.8 Å². The van der Waals surface area contributed by atoms with Crippen LogP contribution in [-0.4, -0.2) is 29.7 Å². The Morgan fingerprint density at radius 1 is 1.00 bits per heavy atom. The van der Waals surface area contributed by atoms with E-state index in [4.69, 9.17) is 0 Å². The van der Waals surface area contributed by atoms with Crippen molar-refractivity contribution in [2.24, 2.45) is 10.8 Å². The summed E-state index contributed by atoms with van der Waals surface area (Å²) >= 11 is 0. The van der Waals surface area contributed by atoms with E-state index in [9.17, 15) is 45.0 Å². The molecule has 0 aliphatic rings. The zero-order chi connectivity index (χ0) is 19.6. The molecule has 0 saturated carbocycles. The van der Waals surface area contributed by atoms with Gasteiger partial charge in [-0.2, -0.15) is 26.3 Å². The van der Waals surface area contributed by atoms with Crippen LogP contribution in [0.2, 0.25) is 0 Å². The number of rotatable bonds is 7. The minimum absolute atomic E-state index is 0.226. The lowest BCUT2D eigenvalue weighted by Crippen LogP contribution is -2.51. The Morgan fingerprint density at radius 3 is 1.67 bits per heavy atom. The average molecular weight is 370 g/mol. The molecule has 24 heavy (non-hydrogen) atoms. The zero-order valence-electron chi connectivity index (χ0n) is 13.2. The number of aliphatic hydroxyl groups is 1. The Balaban J connectivity index is 6.12. The quantitative estimate of drug-likeness (QED) is 0.360. The number of ketones is 1. The van der Waals surface area contributed by atoms with E-state index in [2.05, 4.69) is 0 Å². The molecule has 142 valence electrons. The van der Waals surface area contributed by atoms with Gasteiger partial charge in [-0.3, -0.25) is 4.79 Å². The van der Waals surface area contributed by atoms with Crippen LogP contribution >= 0.6 is 0 Å². The van der Waals surface area contributed by atoms with E-state index in [-0.39, 0.29) is 12.5 Å². The molecule has 0 aliphatic heterocycles. The molecule has 0 rings (SSSR count). The Morgan fingerprint density at radius 2 is 1.42 bits per heavy atom. The third-order valence-electron chi connectivity index (χ3n) is 4.18. The van der Waals surface area contributed by atoms with E-state index < -0.39 is 54.0 Å². The van der Waals surface area contributed by atoms with Crippen LogP contribution < -0.4 is 0 Å². The third-order valence-corrected chi connectivity index (χ3v) is 4.18. The van der Waals surface area contributed by atoms with Gasteiger partial charge in [0.05, 0.1) is 0 Å². The topological polar surface area (TPSA) is 37.3 Å². The van der Waals surface area contributed by atoms with E-state index in [1.807, 2.05) is 0 Å². The summed E-state index contributed by atoms with van der Waals surface area (Å²) in [6.07, 6.45) is -18.0. The van der Waals surface area contributed by atoms with Gasteiger partial charge >= 0.3 is 12.4 Å². The first-order valence-electron chi connectivity index (χ1n) is 6.96. The summed E-state index contributed by atoms with van der Waals surface area (Å²) in [7, 11) is 0. The molecule has 1 unspecified atom stereocenters. The van der Waals surface area contributed by atoms with E-state index in [0.29, 0.717) is 6.92 Å². The molecule has 0 aromatic rings. The van der Waals surface area contributed by atoms with Crippen LogP contribution in [0.5, 0.6) is 0 Å². The Kier molecular flexibility index (Phi) is 6.86. The highest BCUT2D eigenvalue weighted by Crippen LogP contribution is 2.56. The summed E-state index contributed by atoms with van der Waals surface area (Å²) in [5.41, 5.74) is -6.52. The monoisotopic (exact) mass is 370 g/mol. The first kappa shape index (κ1) is 22.6. The number of aliphatic hydroxyl groups excluding tert-OH is 1. The van der Waals surface area contributed by atoms with Crippen LogP contribution in [0.25, 0.3) is 0 Å². The van der Waals surface area contributed by atoms with Crippen LogP contribution in [0.1, 0.15) is 40.0 Å².